The van der Waals surface area contributed by atoms with Crippen molar-refractivity contribution in [2.75, 3.05) is 7.11 Å². The van der Waals surface area contributed by atoms with Crippen LogP contribution in [0.5, 0.6) is 0 Å². The van der Waals surface area contributed by atoms with Crippen molar-refractivity contribution in [1.29, 1.82) is 0 Å². The lowest BCUT2D eigenvalue weighted by Crippen LogP contribution is -2.22. The Morgan fingerprint density at radius 1 is 1.22 bits per heavy atom. The molecule has 0 unspecified atom stereocenters. The van der Waals surface area contributed by atoms with E-state index in [1.54, 1.807) is 0 Å². The van der Waals surface area contributed by atoms with Crippen LogP contribution in [-0.4, -0.2) is 22.8 Å². The number of hydrogen-bond acceptors (Lipinski definition) is 3. The van der Waals surface area contributed by atoms with Crippen LogP contribution < -0.4 is 0 Å². The highest BCUT2D eigenvalue weighted by Crippen LogP contribution is 2.39. The zero-order valence-electron chi connectivity index (χ0n) is 11.0. The summed E-state index contributed by atoms with van der Waals surface area (Å²) in [6.07, 6.45) is -6.51. The largest absolute Gasteiger partial charge is 0.452 e. The van der Waals surface area contributed by atoms with Gasteiger partial charge < -0.3 is 4.74 Å². The van der Waals surface area contributed by atoms with E-state index in [9.17, 15) is 26.7 Å². The third-order valence-electron chi connectivity index (χ3n) is 2.69. The average molecular weight is 464 g/mol. The summed E-state index contributed by atoms with van der Waals surface area (Å²) in [4.78, 5) is 15.1. The van der Waals surface area contributed by atoms with Crippen LogP contribution in [-0.2, 0) is 10.9 Å². The van der Waals surface area contributed by atoms with Crippen LogP contribution in [0.4, 0.5) is 26.7 Å². The minimum absolute atomic E-state index is 0.0301. The maximum Gasteiger partial charge on any atom is 0.434 e. The van der Waals surface area contributed by atoms with E-state index in [0.717, 1.165) is 19.2 Å². The summed E-state index contributed by atoms with van der Waals surface area (Å²) in [5.74, 6) is -3.28. The standard InChI is InChI=1S/C12H5Br2F5N2O2/c1-23-11(22)21-8(12(17,18)19)9(14)20-10(21)7-5(15)2-4(13)3-6(7)16/h2-3H,1H3. The van der Waals surface area contributed by atoms with Crippen LogP contribution in [0, 0.1) is 11.6 Å². The molecule has 2 aromatic rings. The minimum atomic E-state index is -5.01. The van der Waals surface area contributed by atoms with Gasteiger partial charge in [0.15, 0.2) is 11.5 Å². The fourth-order valence-electron chi connectivity index (χ4n) is 1.83. The summed E-state index contributed by atoms with van der Waals surface area (Å²) in [5, 5.41) is 0. The molecule has 1 aromatic heterocycles. The van der Waals surface area contributed by atoms with E-state index in [0.29, 0.717) is 0 Å². The Bertz CT molecular complexity index is 765. The monoisotopic (exact) mass is 462 g/mol. The van der Waals surface area contributed by atoms with Gasteiger partial charge in [-0.05, 0) is 28.1 Å². The zero-order chi connectivity index (χ0) is 17.5. The number of carbonyl (C=O) groups excluding carboxylic acids is 1. The molecule has 0 amide bonds. The molecule has 0 radical (unpaired) electrons. The molecule has 2 rings (SSSR count). The lowest BCUT2D eigenvalue weighted by atomic mass is 10.2. The minimum Gasteiger partial charge on any atom is -0.452 e. The smallest absolute Gasteiger partial charge is 0.434 e. The van der Waals surface area contributed by atoms with Crippen molar-refractivity contribution in [2.24, 2.45) is 0 Å². The van der Waals surface area contributed by atoms with Crippen molar-refractivity contribution in [1.82, 2.24) is 9.55 Å². The van der Waals surface area contributed by atoms with E-state index in [-0.39, 0.29) is 9.04 Å². The Labute approximate surface area is 142 Å². The first kappa shape index (κ1) is 17.9. The number of alkyl halides is 3. The van der Waals surface area contributed by atoms with Crippen molar-refractivity contribution >= 4 is 38.0 Å². The summed E-state index contributed by atoms with van der Waals surface area (Å²) >= 11 is 5.39. The van der Waals surface area contributed by atoms with Gasteiger partial charge >= 0.3 is 12.3 Å². The normalized spacial score (nSPS) is 11.7. The highest BCUT2D eigenvalue weighted by molar-refractivity contribution is 9.10. The molecule has 0 aliphatic heterocycles. The topological polar surface area (TPSA) is 44.1 Å². The van der Waals surface area contributed by atoms with Gasteiger partial charge in [-0.1, -0.05) is 15.9 Å². The van der Waals surface area contributed by atoms with Crippen LogP contribution in [0.15, 0.2) is 21.2 Å². The average Bonchev–Trinajstić information content (AvgIpc) is 2.73. The summed E-state index contributed by atoms with van der Waals surface area (Å²) < 4.78 is 70.8. The number of nitrogens with zero attached hydrogens (tertiary/aromatic N) is 2. The molecule has 0 bridgehead atoms. The van der Waals surface area contributed by atoms with E-state index < -0.39 is 45.6 Å². The van der Waals surface area contributed by atoms with Crippen LogP contribution in [0.1, 0.15) is 5.69 Å². The predicted molar refractivity (Wildman–Crippen MR) is 75.8 cm³/mol. The second kappa shape index (κ2) is 6.19. The molecule has 1 heterocycles. The summed E-state index contributed by atoms with van der Waals surface area (Å²) in [6, 6.07) is 1.66. The van der Waals surface area contributed by atoms with Crippen LogP contribution >= 0.6 is 31.9 Å². The number of imidazole rings is 1. The Morgan fingerprint density at radius 3 is 2.17 bits per heavy atom. The van der Waals surface area contributed by atoms with Gasteiger partial charge in [0.1, 0.15) is 16.2 Å². The van der Waals surface area contributed by atoms with Crippen molar-refractivity contribution in [3.63, 3.8) is 0 Å². The molecule has 0 spiro atoms. The van der Waals surface area contributed by atoms with Gasteiger partial charge in [0.05, 0.1) is 12.7 Å². The van der Waals surface area contributed by atoms with Crippen molar-refractivity contribution in [3.8, 4) is 11.4 Å². The number of benzene rings is 1. The Morgan fingerprint density at radius 2 is 1.74 bits per heavy atom. The third kappa shape index (κ3) is 3.25. The number of aromatic nitrogens is 2. The molecular weight excluding hydrogens is 459 g/mol. The molecule has 0 aliphatic rings. The number of methoxy groups -OCH3 is 1. The number of carbonyl (C=O) groups is 1. The van der Waals surface area contributed by atoms with E-state index in [2.05, 4.69) is 41.6 Å². The summed E-state index contributed by atoms with van der Waals surface area (Å²) in [5.41, 5.74) is -2.43. The molecule has 11 heteroatoms. The first-order valence-electron chi connectivity index (χ1n) is 5.66. The number of rotatable bonds is 1. The van der Waals surface area contributed by atoms with Crippen molar-refractivity contribution < 1.29 is 31.5 Å². The number of hydrogen-bond donors (Lipinski definition) is 0. The molecular formula is C12H5Br2F5N2O2. The molecule has 124 valence electrons. The van der Waals surface area contributed by atoms with Crippen molar-refractivity contribution in [3.05, 3.63) is 38.5 Å². The molecule has 4 nitrogen and oxygen atoms in total. The number of ether oxygens (including phenoxy) is 1. The van der Waals surface area contributed by atoms with E-state index >= 15 is 0 Å². The molecule has 1 aromatic carbocycles. The third-order valence-corrected chi connectivity index (χ3v) is 3.70. The van der Waals surface area contributed by atoms with Gasteiger partial charge in [-0.3, -0.25) is 0 Å². The highest BCUT2D eigenvalue weighted by Gasteiger charge is 2.42. The fourth-order valence-corrected chi connectivity index (χ4v) is 2.80. The maximum atomic E-state index is 14.0. The van der Waals surface area contributed by atoms with Gasteiger partial charge in [-0.15, -0.1) is 0 Å². The number of halogens is 7. The van der Waals surface area contributed by atoms with Gasteiger partial charge in [0.2, 0.25) is 0 Å². The SMILES string of the molecule is COC(=O)n1c(-c2c(F)cc(Br)cc2F)nc(Br)c1C(F)(F)F. The summed E-state index contributed by atoms with van der Waals surface area (Å²) in [6.45, 7) is 0. The van der Waals surface area contributed by atoms with Gasteiger partial charge in [0.25, 0.3) is 0 Å². The highest BCUT2D eigenvalue weighted by atomic mass is 79.9. The van der Waals surface area contributed by atoms with Gasteiger partial charge in [-0.2, -0.15) is 13.2 Å². The van der Waals surface area contributed by atoms with E-state index in [4.69, 9.17) is 0 Å². The zero-order valence-corrected chi connectivity index (χ0v) is 14.2. The second-order valence-corrected chi connectivity index (χ2v) is 5.79. The van der Waals surface area contributed by atoms with Crippen LogP contribution in [0.25, 0.3) is 11.4 Å². The van der Waals surface area contributed by atoms with Crippen LogP contribution in [0.3, 0.4) is 0 Å². The first-order valence-corrected chi connectivity index (χ1v) is 7.25. The van der Waals surface area contributed by atoms with Gasteiger partial charge in [0, 0.05) is 4.47 Å². The molecule has 0 saturated carbocycles. The van der Waals surface area contributed by atoms with E-state index in [1.807, 2.05) is 0 Å². The van der Waals surface area contributed by atoms with Crippen LogP contribution in [0.2, 0.25) is 0 Å². The lowest BCUT2D eigenvalue weighted by molar-refractivity contribution is -0.143. The van der Waals surface area contributed by atoms with E-state index in [1.165, 1.54) is 0 Å². The second-order valence-electron chi connectivity index (χ2n) is 4.12. The molecule has 0 atom stereocenters. The Kier molecular flexibility index (Phi) is 4.81. The van der Waals surface area contributed by atoms with Crippen molar-refractivity contribution in [2.45, 2.75) is 6.18 Å². The summed E-state index contributed by atoms with van der Waals surface area (Å²) in [7, 11) is 0.828. The lowest BCUT2D eigenvalue weighted by Gasteiger charge is -2.12. The fraction of sp³-hybridized carbons (Fsp3) is 0.167. The molecule has 0 aliphatic carbocycles. The first-order chi connectivity index (χ1) is 10.6. The van der Waals surface area contributed by atoms with Gasteiger partial charge in [-0.25, -0.2) is 23.1 Å². The molecule has 0 N–H and O–H groups in total. The predicted octanol–water partition coefficient (Wildman–Crippen LogP) is 4.99. The quantitative estimate of drug-likeness (QED) is 0.560. The molecule has 23 heavy (non-hydrogen) atoms. The molecule has 0 saturated heterocycles. The Hall–Kier alpha value is -1.49. The maximum absolute atomic E-state index is 14.0. The molecule has 0 fully saturated rings. The Balaban J connectivity index is 2.87.